The summed E-state index contributed by atoms with van der Waals surface area (Å²) in [4.78, 5) is 13.2. The third-order valence-electron chi connectivity index (χ3n) is 4.79. The molecule has 1 N–H and O–H groups in total. The van der Waals surface area contributed by atoms with Gasteiger partial charge in [0.1, 0.15) is 0 Å². The van der Waals surface area contributed by atoms with Gasteiger partial charge in [0.25, 0.3) is 10.0 Å². The van der Waals surface area contributed by atoms with Crippen LogP contribution in [0.2, 0.25) is 5.02 Å². The molecule has 0 fully saturated rings. The van der Waals surface area contributed by atoms with Crippen molar-refractivity contribution in [3.8, 4) is 0 Å². The Hall–Kier alpha value is -3.49. The summed E-state index contributed by atoms with van der Waals surface area (Å²) in [5, 5.41) is 8.55. The zero-order chi connectivity index (χ0) is 22.7. The number of hydrogen-bond donors (Lipinski definition) is 1. The second-order valence-corrected chi connectivity index (χ2v) is 9.30. The molecule has 162 valence electrons. The van der Waals surface area contributed by atoms with Gasteiger partial charge in [0.15, 0.2) is 11.5 Å². The van der Waals surface area contributed by atoms with Gasteiger partial charge in [0, 0.05) is 10.6 Å². The van der Waals surface area contributed by atoms with Crippen LogP contribution in [0.3, 0.4) is 0 Å². The molecule has 0 unspecified atom stereocenters. The molecule has 0 aliphatic rings. The van der Waals surface area contributed by atoms with Crippen molar-refractivity contribution in [2.45, 2.75) is 18.4 Å². The lowest BCUT2D eigenvalue weighted by Crippen LogP contribution is -2.19. The normalized spacial score (nSPS) is 11.3. The van der Waals surface area contributed by atoms with Crippen molar-refractivity contribution < 1.29 is 13.2 Å². The Labute approximate surface area is 190 Å². The maximum Gasteiger partial charge on any atom is 0.263 e. The van der Waals surface area contributed by atoms with E-state index in [9.17, 15) is 13.2 Å². The van der Waals surface area contributed by atoms with Gasteiger partial charge >= 0.3 is 0 Å². The molecule has 32 heavy (non-hydrogen) atoms. The molecule has 9 heteroatoms. The van der Waals surface area contributed by atoms with Gasteiger partial charge in [-0.2, -0.15) is 0 Å². The molecule has 0 atom stereocenters. The minimum atomic E-state index is -3.98. The summed E-state index contributed by atoms with van der Waals surface area (Å²) in [6, 6.07) is 22.0. The minimum absolute atomic E-state index is 0.00521. The highest BCUT2D eigenvalue weighted by molar-refractivity contribution is 7.92. The molecule has 4 aromatic rings. The summed E-state index contributed by atoms with van der Waals surface area (Å²) in [7, 11) is -3.98. The molecular weight excluding hydrogens is 448 g/mol. The highest BCUT2D eigenvalue weighted by atomic mass is 35.5. The largest absolute Gasteiger partial charge is 0.287 e. The molecular formula is C23H19ClN4O3S. The number of halogens is 1. The molecule has 0 saturated carbocycles. The summed E-state index contributed by atoms with van der Waals surface area (Å²) in [5.74, 6) is -0.475. The van der Waals surface area contributed by atoms with E-state index in [-0.39, 0.29) is 23.0 Å². The number of aromatic nitrogens is 3. The van der Waals surface area contributed by atoms with E-state index in [0.717, 1.165) is 11.1 Å². The monoisotopic (exact) mass is 466 g/mol. The molecule has 1 heterocycles. The van der Waals surface area contributed by atoms with Crippen molar-refractivity contribution in [2.75, 3.05) is 4.72 Å². The van der Waals surface area contributed by atoms with Crippen molar-refractivity contribution in [2.24, 2.45) is 0 Å². The first-order valence-electron chi connectivity index (χ1n) is 9.71. The Balaban J connectivity index is 1.76. The van der Waals surface area contributed by atoms with Gasteiger partial charge in [-0.3, -0.25) is 9.52 Å². The van der Waals surface area contributed by atoms with Crippen LogP contribution in [0.4, 0.5) is 5.82 Å². The van der Waals surface area contributed by atoms with Crippen molar-refractivity contribution in [1.29, 1.82) is 0 Å². The van der Waals surface area contributed by atoms with Crippen LogP contribution >= 0.6 is 11.6 Å². The number of anilines is 1. The Kier molecular flexibility index (Phi) is 6.07. The maximum absolute atomic E-state index is 13.1. The smallest absolute Gasteiger partial charge is 0.263 e. The molecule has 3 aromatic carbocycles. The van der Waals surface area contributed by atoms with Crippen LogP contribution in [-0.4, -0.2) is 29.2 Å². The first-order valence-corrected chi connectivity index (χ1v) is 11.6. The molecule has 0 aliphatic heterocycles. The highest BCUT2D eigenvalue weighted by Crippen LogP contribution is 2.23. The van der Waals surface area contributed by atoms with Crippen LogP contribution in [0.15, 0.2) is 83.8 Å². The number of aryl methyl sites for hydroxylation is 1. The molecule has 0 saturated heterocycles. The summed E-state index contributed by atoms with van der Waals surface area (Å²) in [6.45, 7) is 2.10. The quantitative estimate of drug-likeness (QED) is 0.409. The van der Waals surface area contributed by atoms with E-state index < -0.39 is 15.8 Å². The zero-order valence-corrected chi connectivity index (χ0v) is 18.6. The second kappa shape index (κ2) is 8.94. The van der Waals surface area contributed by atoms with Crippen LogP contribution in [-0.2, 0) is 16.6 Å². The van der Waals surface area contributed by atoms with E-state index in [4.69, 9.17) is 11.6 Å². The summed E-state index contributed by atoms with van der Waals surface area (Å²) in [6.07, 6.45) is 0. The van der Waals surface area contributed by atoms with Gasteiger partial charge in [-0.25, -0.2) is 13.1 Å². The van der Waals surface area contributed by atoms with Gasteiger partial charge in [0.2, 0.25) is 5.78 Å². The lowest BCUT2D eigenvalue weighted by Gasteiger charge is -2.12. The van der Waals surface area contributed by atoms with Crippen LogP contribution in [0.1, 0.15) is 27.2 Å². The third kappa shape index (κ3) is 4.71. The van der Waals surface area contributed by atoms with Crippen LogP contribution < -0.4 is 4.72 Å². The van der Waals surface area contributed by atoms with E-state index >= 15 is 0 Å². The minimum Gasteiger partial charge on any atom is -0.287 e. The topological polar surface area (TPSA) is 93.9 Å². The average Bonchev–Trinajstić information content (AvgIpc) is 3.16. The lowest BCUT2D eigenvalue weighted by atomic mass is 10.1. The van der Waals surface area contributed by atoms with E-state index in [2.05, 4.69) is 15.0 Å². The van der Waals surface area contributed by atoms with Gasteiger partial charge in [-0.1, -0.05) is 64.8 Å². The number of carbonyl (C=O) groups excluding carboxylic acids is 1. The second-order valence-electron chi connectivity index (χ2n) is 7.18. The van der Waals surface area contributed by atoms with Crippen molar-refractivity contribution >= 4 is 33.2 Å². The molecule has 0 amide bonds. The van der Waals surface area contributed by atoms with Gasteiger partial charge < -0.3 is 0 Å². The number of nitrogens with zero attached hydrogens (tertiary/aromatic N) is 3. The van der Waals surface area contributed by atoms with E-state index in [1.807, 2.05) is 37.3 Å². The van der Waals surface area contributed by atoms with Crippen LogP contribution in [0.5, 0.6) is 0 Å². The number of rotatable bonds is 7. The Morgan fingerprint density at radius 2 is 1.62 bits per heavy atom. The number of nitrogens with one attached hydrogen (secondary N) is 1. The van der Waals surface area contributed by atoms with Crippen molar-refractivity contribution in [1.82, 2.24) is 15.0 Å². The summed E-state index contributed by atoms with van der Waals surface area (Å²) < 4.78 is 30.0. The fraction of sp³-hybridized carbons (Fsp3) is 0.0870. The van der Waals surface area contributed by atoms with E-state index in [1.54, 1.807) is 36.4 Å². The number of sulfonamides is 1. The van der Waals surface area contributed by atoms with E-state index in [1.165, 1.54) is 16.8 Å². The number of carbonyl (C=O) groups is 1. The summed E-state index contributed by atoms with van der Waals surface area (Å²) >= 11 is 5.92. The Morgan fingerprint density at radius 3 is 2.28 bits per heavy atom. The Morgan fingerprint density at radius 1 is 0.969 bits per heavy atom. The summed E-state index contributed by atoms with van der Waals surface area (Å²) in [5.41, 5.74) is 2.02. The highest BCUT2D eigenvalue weighted by Gasteiger charge is 2.26. The Bertz CT molecular complexity index is 1350. The SMILES string of the molecule is Cc1ccc(S(=O)(=O)Nc2c(C(=O)c3ccc(Cl)cc3)nnn2Cc2ccccc2)cc1. The third-order valence-corrected chi connectivity index (χ3v) is 6.40. The molecule has 7 nitrogen and oxygen atoms in total. The van der Waals surface area contributed by atoms with Crippen LogP contribution in [0.25, 0.3) is 0 Å². The maximum atomic E-state index is 13.1. The predicted molar refractivity (Wildman–Crippen MR) is 122 cm³/mol. The molecule has 0 bridgehead atoms. The average molecular weight is 467 g/mol. The molecule has 0 aliphatic carbocycles. The van der Waals surface area contributed by atoms with E-state index in [0.29, 0.717) is 10.6 Å². The molecule has 0 radical (unpaired) electrons. The number of benzene rings is 3. The predicted octanol–water partition coefficient (Wildman–Crippen LogP) is 4.32. The first kappa shape index (κ1) is 21.7. The van der Waals surface area contributed by atoms with Gasteiger partial charge in [-0.15, -0.1) is 5.10 Å². The number of hydrogen-bond acceptors (Lipinski definition) is 5. The molecule has 0 spiro atoms. The van der Waals surface area contributed by atoms with Gasteiger partial charge in [-0.05, 0) is 48.9 Å². The standard InChI is InChI=1S/C23H19ClN4O3S/c1-16-7-13-20(14-8-16)32(30,31)26-23-21(22(29)18-9-11-19(24)12-10-18)25-27-28(23)15-17-5-3-2-4-6-17/h2-14,26H,15H2,1H3. The first-order chi connectivity index (χ1) is 15.3. The fourth-order valence-corrected chi connectivity index (χ4v) is 4.27. The van der Waals surface area contributed by atoms with Gasteiger partial charge in [0.05, 0.1) is 11.4 Å². The van der Waals surface area contributed by atoms with Crippen LogP contribution in [0, 0.1) is 6.92 Å². The van der Waals surface area contributed by atoms with Crippen molar-refractivity contribution in [3.05, 3.63) is 106 Å². The lowest BCUT2D eigenvalue weighted by molar-refractivity contribution is 0.103. The molecule has 1 aromatic heterocycles. The molecule has 4 rings (SSSR count). The number of ketones is 1. The fourth-order valence-electron chi connectivity index (χ4n) is 3.08. The zero-order valence-electron chi connectivity index (χ0n) is 17.1. The van der Waals surface area contributed by atoms with Crippen molar-refractivity contribution in [3.63, 3.8) is 0 Å².